The Kier molecular flexibility index (Phi) is 4.67. The summed E-state index contributed by atoms with van der Waals surface area (Å²) in [5.41, 5.74) is -0.238. The average Bonchev–Trinajstić information content (AvgIpc) is 2.63. The van der Waals surface area contributed by atoms with Crippen LogP contribution >= 0.6 is 0 Å². The van der Waals surface area contributed by atoms with Crippen molar-refractivity contribution in [3.8, 4) is 0 Å². The molecule has 0 aliphatic heterocycles. The van der Waals surface area contributed by atoms with Gasteiger partial charge in [-0.25, -0.2) is 4.39 Å². The number of carbonyl (C=O) groups is 2. The minimum absolute atomic E-state index is 0.0326. The lowest BCUT2D eigenvalue weighted by Crippen LogP contribution is -2.41. The molecule has 0 fully saturated rings. The Morgan fingerprint density at radius 3 is 2.23 bits per heavy atom. The van der Waals surface area contributed by atoms with Crippen LogP contribution in [0.15, 0.2) is 60.8 Å². The van der Waals surface area contributed by atoms with E-state index < -0.39 is 23.0 Å². The Morgan fingerprint density at radius 1 is 0.885 bits per heavy atom. The van der Waals surface area contributed by atoms with Gasteiger partial charge >= 0.3 is 0 Å². The van der Waals surface area contributed by atoms with Crippen molar-refractivity contribution in [2.24, 2.45) is 5.41 Å². The summed E-state index contributed by atoms with van der Waals surface area (Å²) in [4.78, 5) is 29.5. The Morgan fingerprint density at radius 2 is 1.50 bits per heavy atom. The number of anilines is 2. The van der Waals surface area contributed by atoms with Crippen molar-refractivity contribution in [3.05, 3.63) is 66.6 Å². The second-order valence-electron chi connectivity index (χ2n) is 6.39. The van der Waals surface area contributed by atoms with E-state index in [9.17, 15) is 14.0 Å². The highest BCUT2D eigenvalue weighted by Crippen LogP contribution is 2.25. The summed E-state index contributed by atoms with van der Waals surface area (Å²) >= 11 is 0. The lowest BCUT2D eigenvalue weighted by molar-refractivity contribution is -0.135. The van der Waals surface area contributed by atoms with E-state index in [2.05, 4.69) is 15.6 Å². The minimum Gasteiger partial charge on any atom is -0.323 e. The number of para-hydroxylation sites is 2. The van der Waals surface area contributed by atoms with Gasteiger partial charge in [-0.15, -0.1) is 0 Å². The molecule has 0 spiro atoms. The molecule has 3 rings (SSSR count). The maximum absolute atomic E-state index is 13.7. The first kappa shape index (κ1) is 17.5. The molecule has 0 atom stereocenters. The van der Waals surface area contributed by atoms with Crippen LogP contribution in [-0.2, 0) is 9.59 Å². The largest absolute Gasteiger partial charge is 0.323 e. The van der Waals surface area contributed by atoms with E-state index in [1.54, 1.807) is 30.5 Å². The van der Waals surface area contributed by atoms with Crippen molar-refractivity contribution in [2.75, 3.05) is 10.6 Å². The van der Waals surface area contributed by atoms with Gasteiger partial charge < -0.3 is 10.6 Å². The van der Waals surface area contributed by atoms with Gasteiger partial charge in [0.1, 0.15) is 11.2 Å². The molecule has 26 heavy (non-hydrogen) atoms. The molecule has 0 saturated heterocycles. The van der Waals surface area contributed by atoms with Crippen molar-refractivity contribution in [1.29, 1.82) is 0 Å². The number of amides is 2. The predicted octanol–water partition coefficient (Wildman–Crippen LogP) is 3.98. The number of nitrogens with zero attached hydrogens (tertiary/aromatic N) is 1. The molecule has 0 aliphatic rings. The molecule has 5 nitrogen and oxygen atoms in total. The lowest BCUT2D eigenvalue weighted by atomic mass is 9.90. The highest BCUT2D eigenvalue weighted by molar-refractivity contribution is 6.15. The van der Waals surface area contributed by atoms with Gasteiger partial charge in [0, 0.05) is 11.6 Å². The monoisotopic (exact) mass is 351 g/mol. The standard InChI is InChI=1S/C20H18FN3O2/c1-20(2,18(25)23-15-10-4-3-9-14(15)21)19(26)24-16-11-5-7-13-8-6-12-22-17(13)16/h3-12H,1-2H3,(H,23,25)(H,24,26). The van der Waals surface area contributed by atoms with Crippen LogP contribution in [-0.4, -0.2) is 16.8 Å². The van der Waals surface area contributed by atoms with Crippen LogP contribution in [0.25, 0.3) is 10.9 Å². The van der Waals surface area contributed by atoms with Crippen molar-refractivity contribution in [1.82, 2.24) is 4.98 Å². The molecular weight excluding hydrogens is 333 g/mol. The second kappa shape index (κ2) is 6.92. The molecule has 0 bridgehead atoms. The molecule has 6 heteroatoms. The number of hydrogen-bond acceptors (Lipinski definition) is 3. The van der Waals surface area contributed by atoms with Gasteiger partial charge in [-0.2, -0.15) is 0 Å². The minimum atomic E-state index is -1.42. The number of benzene rings is 2. The van der Waals surface area contributed by atoms with E-state index >= 15 is 0 Å². The molecular formula is C20H18FN3O2. The van der Waals surface area contributed by atoms with E-state index in [1.165, 1.54) is 32.0 Å². The topological polar surface area (TPSA) is 71.1 Å². The Hall–Kier alpha value is -3.28. The number of hydrogen-bond donors (Lipinski definition) is 2. The van der Waals surface area contributed by atoms with Crippen molar-refractivity contribution in [3.63, 3.8) is 0 Å². The van der Waals surface area contributed by atoms with Crippen molar-refractivity contribution >= 4 is 34.1 Å². The number of rotatable bonds is 4. The van der Waals surface area contributed by atoms with Crippen molar-refractivity contribution in [2.45, 2.75) is 13.8 Å². The Bertz CT molecular complexity index is 980. The number of pyridine rings is 1. The predicted molar refractivity (Wildman–Crippen MR) is 99.2 cm³/mol. The second-order valence-corrected chi connectivity index (χ2v) is 6.39. The van der Waals surface area contributed by atoms with Crippen LogP contribution in [0.2, 0.25) is 0 Å². The number of nitrogens with one attached hydrogen (secondary N) is 2. The maximum atomic E-state index is 13.7. The van der Waals surface area contributed by atoms with Crippen molar-refractivity contribution < 1.29 is 14.0 Å². The Balaban J connectivity index is 1.81. The molecule has 3 aromatic rings. The quantitative estimate of drug-likeness (QED) is 0.699. The van der Waals surface area contributed by atoms with E-state index in [0.29, 0.717) is 11.2 Å². The fourth-order valence-corrected chi connectivity index (χ4v) is 2.43. The number of carbonyl (C=O) groups excluding carboxylic acids is 2. The first-order valence-corrected chi connectivity index (χ1v) is 8.11. The zero-order valence-electron chi connectivity index (χ0n) is 14.4. The molecule has 0 aliphatic carbocycles. The van der Waals surface area contributed by atoms with Crippen LogP contribution in [0.5, 0.6) is 0 Å². The van der Waals surface area contributed by atoms with Gasteiger partial charge in [-0.3, -0.25) is 14.6 Å². The zero-order chi connectivity index (χ0) is 18.7. The average molecular weight is 351 g/mol. The molecule has 2 N–H and O–H groups in total. The van der Waals surface area contributed by atoms with Crippen LogP contribution < -0.4 is 10.6 Å². The van der Waals surface area contributed by atoms with Gasteiger partial charge in [-0.1, -0.05) is 30.3 Å². The molecule has 132 valence electrons. The summed E-state index contributed by atoms with van der Waals surface area (Å²) in [6.45, 7) is 2.97. The summed E-state index contributed by atoms with van der Waals surface area (Å²) in [5, 5.41) is 6.09. The maximum Gasteiger partial charge on any atom is 0.239 e. The number of aromatic nitrogens is 1. The van der Waals surface area contributed by atoms with E-state index in [-0.39, 0.29) is 5.69 Å². The van der Waals surface area contributed by atoms with Crippen LogP contribution in [0.3, 0.4) is 0 Å². The van der Waals surface area contributed by atoms with E-state index in [4.69, 9.17) is 0 Å². The summed E-state index contributed by atoms with van der Waals surface area (Å²) in [6, 6.07) is 14.9. The number of fused-ring (bicyclic) bond motifs is 1. The number of halogens is 1. The fourth-order valence-electron chi connectivity index (χ4n) is 2.43. The summed E-state index contributed by atoms with van der Waals surface area (Å²) < 4.78 is 13.7. The summed E-state index contributed by atoms with van der Waals surface area (Å²) in [5.74, 6) is -1.67. The van der Waals surface area contributed by atoms with Crippen LogP contribution in [0.1, 0.15) is 13.8 Å². The van der Waals surface area contributed by atoms with E-state index in [1.807, 2.05) is 12.1 Å². The molecule has 0 unspecified atom stereocenters. The highest BCUT2D eigenvalue weighted by Gasteiger charge is 2.36. The third-order valence-electron chi connectivity index (χ3n) is 4.14. The van der Waals surface area contributed by atoms with Crippen LogP contribution in [0, 0.1) is 11.2 Å². The molecule has 1 aromatic heterocycles. The normalized spacial score (nSPS) is 11.2. The lowest BCUT2D eigenvalue weighted by Gasteiger charge is -2.23. The van der Waals surface area contributed by atoms with E-state index in [0.717, 1.165) is 5.39 Å². The third kappa shape index (κ3) is 3.39. The van der Waals surface area contributed by atoms with Gasteiger partial charge in [0.2, 0.25) is 11.8 Å². The highest BCUT2D eigenvalue weighted by atomic mass is 19.1. The Labute approximate surface area is 150 Å². The van der Waals surface area contributed by atoms with Gasteiger partial charge in [0.25, 0.3) is 0 Å². The molecule has 2 aromatic carbocycles. The fraction of sp³-hybridized carbons (Fsp3) is 0.150. The zero-order valence-corrected chi connectivity index (χ0v) is 14.4. The molecule has 1 heterocycles. The summed E-state index contributed by atoms with van der Waals surface area (Å²) in [7, 11) is 0. The third-order valence-corrected chi connectivity index (χ3v) is 4.14. The first-order chi connectivity index (χ1) is 12.4. The van der Waals surface area contributed by atoms with Gasteiger partial charge in [-0.05, 0) is 38.1 Å². The van der Waals surface area contributed by atoms with Crippen LogP contribution in [0.4, 0.5) is 15.8 Å². The van der Waals surface area contributed by atoms with Gasteiger partial charge in [0.15, 0.2) is 0 Å². The summed E-state index contributed by atoms with van der Waals surface area (Å²) in [6.07, 6.45) is 1.63. The van der Waals surface area contributed by atoms with Gasteiger partial charge in [0.05, 0.1) is 16.9 Å². The SMILES string of the molecule is CC(C)(C(=O)Nc1ccccc1F)C(=O)Nc1cccc2cccnc12. The first-order valence-electron chi connectivity index (χ1n) is 8.11. The smallest absolute Gasteiger partial charge is 0.239 e. The molecule has 2 amide bonds. The molecule has 0 radical (unpaired) electrons. The molecule has 0 saturated carbocycles.